The highest BCUT2D eigenvalue weighted by Crippen LogP contribution is 2.48. The number of amides is 4. The van der Waals surface area contributed by atoms with Crippen LogP contribution in [0.2, 0.25) is 0 Å². The Kier molecular flexibility index (Phi) is 10.6. The number of sulfone groups is 1. The Morgan fingerprint density at radius 2 is 1.56 bits per heavy atom. The minimum Gasteiger partial charge on any atom is -0.349 e. The third kappa shape index (κ3) is 7.12. The Bertz CT molecular complexity index is 1590. The Labute approximate surface area is 287 Å². The molecule has 0 aromatic heterocycles. The molecular formula is C35H45ClF2N4O5S. The van der Waals surface area contributed by atoms with Gasteiger partial charge in [-0.05, 0) is 75.1 Å². The maximum atomic E-state index is 14.1. The highest BCUT2D eigenvalue weighted by molar-refractivity contribution is 7.90. The normalized spacial score (nSPS) is 26.5. The number of nitrogens with zero attached hydrogens (tertiary/aromatic N) is 3. The van der Waals surface area contributed by atoms with Crippen molar-refractivity contribution in [3.05, 3.63) is 65.7 Å². The molecule has 3 aliphatic heterocycles. The molecule has 1 spiro atoms. The number of rotatable bonds is 10. The van der Waals surface area contributed by atoms with E-state index in [2.05, 4.69) is 10.2 Å². The summed E-state index contributed by atoms with van der Waals surface area (Å²) < 4.78 is 51.3. The third-order valence-electron chi connectivity index (χ3n) is 10.8. The van der Waals surface area contributed by atoms with Crippen molar-refractivity contribution in [1.82, 2.24) is 20.0 Å². The van der Waals surface area contributed by atoms with Crippen molar-refractivity contribution in [2.24, 2.45) is 5.92 Å². The van der Waals surface area contributed by atoms with E-state index in [0.29, 0.717) is 37.9 Å². The van der Waals surface area contributed by atoms with Gasteiger partial charge in [0.25, 0.3) is 5.91 Å². The summed E-state index contributed by atoms with van der Waals surface area (Å²) in [5, 5.41) is 3.18. The minimum atomic E-state index is -3.36. The van der Waals surface area contributed by atoms with Crippen molar-refractivity contribution in [2.45, 2.75) is 106 Å². The summed E-state index contributed by atoms with van der Waals surface area (Å²) in [6.45, 7) is 3.07. The van der Waals surface area contributed by atoms with E-state index in [4.69, 9.17) is 0 Å². The van der Waals surface area contributed by atoms with Gasteiger partial charge in [-0.1, -0.05) is 42.5 Å². The molecule has 4 fully saturated rings. The highest BCUT2D eigenvalue weighted by atomic mass is 35.5. The number of carbonyl (C=O) groups excluding carboxylic acids is 3. The maximum Gasteiger partial charge on any atom is 0.327 e. The summed E-state index contributed by atoms with van der Waals surface area (Å²) in [5.41, 5.74) is 0.733. The van der Waals surface area contributed by atoms with Crippen LogP contribution < -0.4 is 5.32 Å². The zero-order valence-electron chi connectivity index (χ0n) is 27.4. The zero-order valence-corrected chi connectivity index (χ0v) is 29.1. The van der Waals surface area contributed by atoms with Gasteiger partial charge in [0.15, 0.2) is 9.84 Å². The number of hydrogen-bond acceptors (Lipinski definition) is 6. The average molecular weight is 707 g/mol. The van der Waals surface area contributed by atoms with Crippen LogP contribution in [0.15, 0.2) is 59.5 Å². The van der Waals surface area contributed by atoms with Crippen LogP contribution in [0.5, 0.6) is 0 Å². The van der Waals surface area contributed by atoms with E-state index >= 15 is 0 Å². The van der Waals surface area contributed by atoms with Gasteiger partial charge in [0.1, 0.15) is 5.54 Å². The lowest BCUT2D eigenvalue weighted by atomic mass is 9.81. The quantitative estimate of drug-likeness (QED) is 0.316. The van der Waals surface area contributed by atoms with Gasteiger partial charge < -0.3 is 10.2 Å². The van der Waals surface area contributed by atoms with Gasteiger partial charge in [0.2, 0.25) is 11.8 Å². The molecule has 2 aromatic carbocycles. The summed E-state index contributed by atoms with van der Waals surface area (Å²) in [6, 6.07) is 15.6. The number of alkyl halides is 2. The molecule has 0 radical (unpaired) electrons. The predicted molar refractivity (Wildman–Crippen MR) is 179 cm³/mol. The van der Waals surface area contributed by atoms with Crippen molar-refractivity contribution in [1.29, 1.82) is 0 Å². The first-order valence-electron chi connectivity index (χ1n) is 16.7. The van der Waals surface area contributed by atoms with Crippen LogP contribution in [-0.2, 0) is 26.0 Å². The number of nitrogens with one attached hydrogen (secondary N) is 1. The molecule has 2 unspecified atom stereocenters. The van der Waals surface area contributed by atoms with Crippen molar-refractivity contribution in [3.8, 4) is 0 Å². The standard InChI is InChI=1S/C35H44F2N4O5S.ClH/c1-3-41-33(44)40(23-24-9-13-29(14-10-24)47(2,45)46)32(43)34(41)21-27-11-12-28(22-34)39(27)20-17-30(25-7-5-4-6-8-25)38-31(42)26-15-18-35(36,37)19-16-26;/h4-10,13-14,26-28,30H,3,11-12,15-23H2,1-2H3,(H,38,42);1H/t27?,28?,30-,34?;/m0./s1. The second kappa shape index (κ2) is 14.0. The molecule has 9 nitrogen and oxygen atoms in total. The van der Waals surface area contributed by atoms with Crippen molar-refractivity contribution in [3.63, 3.8) is 0 Å². The van der Waals surface area contributed by atoms with Gasteiger partial charge in [-0.25, -0.2) is 22.0 Å². The number of fused-ring (bicyclic) bond motifs is 2. The monoisotopic (exact) mass is 706 g/mol. The van der Waals surface area contributed by atoms with Gasteiger partial charge in [-0.15, -0.1) is 12.4 Å². The lowest BCUT2D eigenvalue weighted by Crippen LogP contribution is -2.60. The van der Waals surface area contributed by atoms with Crippen LogP contribution in [0.3, 0.4) is 0 Å². The van der Waals surface area contributed by atoms with Gasteiger partial charge >= 0.3 is 6.03 Å². The molecule has 3 heterocycles. The minimum absolute atomic E-state index is 0. The fraction of sp³-hybridized carbons (Fsp3) is 0.571. The summed E-state index contributed by atoms with van der Waals surface area (Å²) in [7, 11) is -3.36. The number of halogens is 3. The summed E-state index contributed by atoms with van der Waals surface area (Å²) in [5.74, 6) is -3.48. The van der Waals surface area contributed by atoms with Crippen LogP contribution in [-0.4, -0.2) is 83.9 Å². The molecular weight excluding hydrogens is 662 g/mol. The molecule has 3 atom stereocenters. The lowest BCUT2D eigenvalue weighted by molar-refractivity contribution is -0.137. The molecule has 48 heavy (non-hydrogen) atoms. The first-order chi connectivity index (χ1) is 22.3. The Morgan fingerprint density at radius 1 is 0.958 bits per heavy atom. The summed E-state index contributed by atoms with van der Waals surface area (Å²) in [4.78, 5) is 46.7. The fourth-order valence-corrected chi connectivity index (χ4v) is 8.97. The van der Waals surface area contributed by atoms with Crippen LogP contribution in [0, 0.1) is 5.92 Å². The third-order valence-corrected chi connectivity index (χ3v) is 12.0. The van der Waals surface area contributed by atoms with Crippen molar-refractivity contribution >= 4 is 40.1 Å². The summed E-state index contributed by atoms with van der Waals surface area (Å²) >= 11 is 0. The molecule has 1 N–H and O–H groups in total. The van der Waals surface area contributed by atoms with Crippen molar-refractivity contribution in [2.75, 3.05) is 19.3 Å². The number of urea groups is 1. The Hall–Kier alpha value is -3.09. The molecule has 6 rings (SSSR count). The number of piperidine rings is 1. The fourth-order valence-electron chi connectivity index (χ4n) is 8.34. The van der Waals surface area contributed by atoms with Gasteiger partial charge in [0, 0.05) is 50.2 Å². The van der Waals surface area contributed by atoms with Gasteiger partial charge in [-0.3, -0.25) is 19.4 Å². The number of carbonyl (C=O) groups is 3. The molecule has 2 aromatic rings. The topological polar surface area (TPSA) is 107 Å². The highest BCUT2D eigenvalue weighted by Gasteiger charge is 2.62. The Balaban J connectivity index is 0.00000451. The first-order valence-corrected chi connectivity index (χ1v) is 18.6. The number of benzene rings is 2. The molecule has 3 saturated heterocycles. The lowest BCUT2D eigenvalue weighted by Gasteiger charge is -2.47. The smallest absolute Gasteiger partial charge is 0.327 e. The molecule has 262 valence electrons. The Morgan fingerprint density at radius 3 is 2.12 bits per heavy atom. The molecule has 4 aliphatic rings. The molecule has 4 amide bonds. The second-order valence-corrected chi connectivity index (χ2v) is 15.8. The zero-order chi connectivity index (χ0) is 33.6. The maximum absolute atomic E-state index is 14.1. The largest absolute Gasteiger partial charge is 0.349 e. The molecule has 2 bridgehead atoms. The molecule has 1 aliphatic carbocycles. The number of likely N-dealkylation sites (N-methyl/N-ethyl adjacent to an activating group) is 1. The van der Waals surface area contributed by atoms with E-state index < -0.39 is 27.2 Å². The SMILES string of the molecule is CCN1C(=O)N(Cc2ccc(S(C)(=O)=O)cc2)C(=O)C12CC1CCC(C2)N1CC[C@H](NC(=O)C1CCC(F)(F)CC1)c1ccccc1.Cl. The van der Waals surface area contributed by atoms with Crippen LogP contribution in [0.4, 0.5) is 13.6 Å². The van der Waals surface area contributed by atoms with Crippen LogP contribution in [0.25, 0.3) is 0 Å². The van der Waals surface area contributed by atoms with Gasteiger partial charge in [0.05, 0.1) is 17.5 Å². The van der Waals surface area contributed by atoms with Crippen LogP contribution >= 0.6 is 12.4 Å². The van der Waals surface area contributed by atoms with E-state index in [-0.39, 0.29) is 85.5 Å². The van der Waals surface area contributed by atoms with E-state index in [1.807, 2.05) is 37.3 Å². The summed E-state index contributed by atoms with van der Waals surface area (Å²) in [6.07, 6.45) is 4.51. The van der Waals surface area contributed by atoms with Gasteiger partial charge in [-0.2, -0.15) is 0 Å². The predicted octanol–water partition coefficient (Wildman–Crippen LogP) is 5.73. The molecule has 13 heteroatoms. The average Bonchev–Trinajstić information content (AvgIpc) is 3.39. The van der Waals surface area contributed by atoms with E-state index in [9.17, 15) is 31.6 Å². The van der Waals surface area contributed by atoms with E-state index in [1.54, 1.807) is 17.0 Å². The number of imide groups is 1. The molecule has 1 saturated carbocycles. The van der Waals surface area contributed by atoms with E-state index in [0.717, 1.165) is 24.7 Å². The second-order valence-electron chi connectivity index (χ2n) is 13.8. The first kappa shape index (κ1) is 36.2. The van der Waals surface area contributed by atoms with E-state index in [1.165, 1.54) is 17.0 Å². The van der Waals surface area contributed by atoms with Crippen molar-refractivity contribution < 1.29 is 31.6 Å². The van der Waals surface area contributed by atoms with Crippen LogP contribution in [0.1, 0.15) is 81.9 Å². The number of hydrogen-bond donors (Lipinski definition) is 1.